The maximum Gasteiger partial charge on any atom is 0.228 e. The lowest BCUT2D eigenvalue weighted by Gasteiger charge is -2.10. The Balaban J connectivity index is 2.64. The van der Waals surface area contributed by atoms with Crippen LogP contribution in [0, 0.1) is 5.92 Å². The molecule has 0 amide bonds. The van der Waals surface area contributed by atoms with E-state index in [1.807, 2.05) is 13.8 Å². The number of rotatable bonds is 6. The summed E-state index contributed by atoms with van der Waals surface area (Å²) in [6, 6.07) is 0. The van der Waals surface area contributed by atoms with E-state index in [1.54, 1.807) is 0 Å². The zero-order valence-corrected chi connectivity index (χ0v) is 10.1. The van der Waals surface area contributed by atoms with Gasteiger partial charge >= 0.3 is 0 Å². The fourth-order valence-electron chi connectivity index (χ4n) is 0.996. The van der Waals surface area contributed by atoms with Crippen molar-refractivity contribution in [3.63, 3.8) is 0 Å². The van der Waals surface area contributed by atoms with E-state index in [-0.39, 0.29) is 17.8 Å². The molecule has 16 heavy (non-hydrogen) atoms. The van der Waals surface area contributed by atoms with Crippen molar-refractivity contribution in [1.82, 2.24) is 15.0 Å². The van der Waals surface area contributed by atoms with E-state index in [9.17, 15) is 0 Å². The highest BCUT2D eigenvalue weighted by Gasteiger charge is 2.05. The van der Waals surface area contributed by atoms with Crippen LogP contribution in [0.4, 0.5) is 11.9 Å². The van der Waals surface area contributed by atoms with Crippen molar-refractivity contribution in [3.8, 4) is 0 Å². The van der Waals surface area contributed by atoms with Crippen molar-refractivity contribution in [2.24, 2.45) is 5.92 Å². The van der Waals surface area contributed by atoms with E-state index in [0.717, 1.165) is 0 Å². The molecule has 0 saturated heterocycles. The van der Waals surface area contributed by atoms with Crippen LogP contribution >= 0.6 is 11.6 Å². The lowest BCUT2D eigenvalue weighted by molar-refractivity contribution is 0.244. The van der Waals surface area contributed by atoms with Gasteiger partial charge in [-0.05, 0) is 24.4 Å². The monoisotopic (exact) mass is 245 g/mol. The first kappa shape index (κ1) is 12.9. The summed E-state index contributed by atoms with van der Waals surface area (Å²) in [7, 11) is 0. The van der Waals surface area contributed by atoms with Crippen LogP contribution < -0.4 is 10.6 Å². The Kier molecular flexibility index (Phi) is 5.21. The second-order valence-corrected chi connectivity index (χ2v) is 3.79. The Morgan fingerprint density at radius 1 is 1.25 bits per heavy atom. The molecule has 0 radical (unpaired) electrons. The van der Waals surface area contributed by atoms with Gasteiger partial charge in [-0.2, -0.15) is 15.0 Å². The number of nitrogens with zero attached hydrogens (tertiary/aromatic N) is 3. The highest BCUT2D eigenvalue weighted by atomic mass is 35.5. The second kappa shape index (κ2) is 6.44. The number of aromatic nitrogens is 3. The van der Waals surface area contributed by atoms with Crippen molar-refractivity contribution in [2.45, 2.75) is 13.8 Å². The van der Waals surface area contributed by atoms with E-state index < -0.39 is 0 Å². The molecular formula is C9H16ClN5O. The van der Waals surface area contributed by atoms with E-state index in [4.69, 9.17) is 16.7 Å². The molecule has 0 bridgehead atoms. The van der Waals surface area contributed by atoms with Crippen LogP contribution in [0.5, 0.6) is 0 Å². The molecule has 6 nitrogen and oxygen atoms in total. The molecule has 1 rings (SSSR count). The van der Waals surface area contributed by atoms with Crippen LogP contribution in [-0.4, -0.2) is 39.8 Å². The third-order valence-electron chi connectivity index (χ3n) is 1.86. The standard InChI is InChI=1S/C9H16ClN5O/c1-3-11-8-13-7(10)14-9(15-8)12-4-6(2)5-16/h6,16H,3-5H2,1-2H3,(H2,11,12,13,14,15). The summed E-state index contributed by atoms with van der Waals surface area (Å²) in [5.74, 6) is 0.996. The van der Waals surface area contributed by atoms with E-state index in [0.29, 0.717) is 25.0 Å². The maximum atomic E-state index is 8.87. The van der Waals surface area contributed by atoms with Gasteiger partial charge in [0.25, 0.3) is 0 Å². The molecule has 0 aliphatic carbocycles. The van der Waals surface area contributed by atoms with Gasteiger partial charge in [0.1, 0.15) is 0 Å². The number of aliphatic hydroxyl groups excluding tert-OH is 1. The largest absolute Gasteiger partial charge is 0.396 e. The van der Waals surface area contributed by atoms with E-state index in [1.165, 1.54) is 0 Å². The lowest BCUT2D eigenvalue weighted by atomic mass is 10.2. The minimum absolute atomic E-state index is 0.117. The third kappa shape index (κ3) is 4.16. The molecule has 1 heterocycles. The highest BCUT2D eigenvalue weighted by molar-refractivity contribution is 6.28. The molecule has 1 atom stereocenters. The average Bonchev–Trinajstić information content (AvgIpc) is 2.25. The van der Waals surface area contributed by atoms with Gasteiger partial charge < -0.3 is 15.7 Å². The lowest BCUT2D eigenvalue weighted by Crippen LogP contribution is -2.17. The Morgan fingerprint density at radius 2 is 1.88 bits per heavy atom. The molecule has 7 heteroatoms. The van der Waals surface area contributed by atoms with E-state index >= 15 is 0 Å². The molecule has 0 aliphatic heterocycles. The van der Waals surface area contributed by atoms with Crippen molar-refractivity contribution in [2.75, 3.05) is 30.3 Å². The number of halogens is 1. The first-order chi connectivity index (χ1) is 7.65. The molecule has 0 saturated carbocycles. The number of hydrogen-bond acceptors (Lipinski definition) is 6. The quantitative estimate of drug-likeness (QED) is 0.694. The van der Waals surface area contributed by atoms with E-state index in [2.05, 4.69) is 25.6 Å². The molecule has 90 valence electrons. The van der Waals surface area contributed by atoms with Gasteiger partial charge in [-0.3, -0.25) is 0 Å². The molecule has 0 spiro atoms. The Hall–Kier alpha value is -1.14. The number of aliphatic hydroxyl groups is 1. The fraction of sp³-hybridized carbons (Fsp3) is 0.667. The van der Waals surface area contributed by atoms with Crippen LogP contribution in [0.1, 0.15) is 13.8 Å². The normalized spacial score (nSPS) is 12.2. The molecule has 0 aliphatic rings. The van der Waals surface area contributed by atoms with Gasteiger partial charge in [-0.25, -0.2) is 0 Å². The van der Waals surface area contributed by atoms with Crippen molar-refractivity contribution in [3.05, 3.63) is 5.28 Å². The summed E-state index contributed by atoms with van der Waals surface area (Å²) in [4.78, 5) is 12.0. The fourth-order valence-corrected chi connectivity index (χ4v) is 1.16. The first-order valence-electron chi connectivity index (χ1n) is 5.15. The van der Waals surface area contributed by atoms with Gasteiger partial charge in [0.15, 0.2) is 0 Å². The smallest absolute Gasteiger partial charge is 0.228 e. The van der Waals surface area contributed by atoms with Crippen LogP contribution in [0.25, 0.3) is 0 Å². The zero-order valence-electron chi connectivity index (χ0n) is 9.37. The molecule has 1 aromatic heterocycles. The minimum atomic E-state index is 0.117. The summed E-state index contributed by atoms with van der Waals surface area (Å²) >= 11 is 5.74. The summed E-state index contributed by atoms with van der Waals surface area (Å²) in [6.07, 6.45) is 0. The number of anilines is 2. The van der Waals surface area contributed by atoms with Crippen molar-refractivity contribution < 1.29 is 5.11 Å². The summed E-state index contributed by atoms with van der Waals surface area (Å²) in [5, 5.41) is 15.0. The van der Waals surface area contributed by atoms with Gasteiger partial charge in [-0.1, -0.05) is 6.92 Å². The Labute approximate surface area is 99.5 Å². The molecule has 1 aromatic rings. The zero-order chi connectivity index (χ0) is 12.0. The summed E-state index contributed by atoms with van der Waals surface area (Å²) in [6.45, 7) is 5.28. The summed E-state index contributed by atoms with van der Waals surface area (Å²) < 4.78 is 0. The highest BCUT2D eigenvalue weighted by Crippen LogP contribution is 2.09. The maximum absolute atomic E-state index is 8.87. The van der Waals surface area contributed by atoms with Gasteiger partial charge in [0, 0.05) is 19.7 Å². The molecular weight excluding hydrogens is 230 g/mol. The van der Waals surface area contributed by atoms with Crippen molar-refractivity contribution in [1.29, 1.82) is 0 Å². The SMILES string of the molecule is CCNc1nc(Cl)nc(NCC(C)CO)n1. The topological polar surface area (TPSA) is 83.0 Å². The Bertz CT molecular complexity index is 336. The predicted molar refractivity (Wildman–Crippen MR) is 63.7 cm³/mol. The van der Waals surface area contributed by atoms with Crippen molar-refractivity contribution >= 4 is 23.5 Å². The van der Waals surface area contributed by atoms with Crippen LogP contribution in [0.2, 0.25) is 5.28 Å². The van der Waals surface area contributed by atoms with Gasteiger partial charge in [0.2, 0.25) is 17.2 Å². The Morgan fingerprint density at radius 3 is 2.44 bits per heavy atom. The molecule has 0 aromatic carbocycles. The summed E-state index contributed by atoms with van der Waals surface area (Å²) in [5.41, 5.74) is 0. The molecule has 3 N–H and O–H groups in total. The molecule has 1 unspecified atom stereocenters. The number of nitrogens with one attached hydrogen (secondary N) is 2. The van der Waals surface area contributed by atoms with Crippen LogP contribution in [-0.2, 0) is 0 Å². The first-order valence-corrected chi connectivity index (χ1v) is 5.53. The van der Waals surface area contributed by atoms with Gasteiger partial charge in [0.05, 0.1) is 0 Å². The van der Waals surface area contributed by atoms with Crippen LogP contribution in [0.3, 0.4) is 0 Å². The second-order valence-electron chi connectivity index (χ2n) is 3.45. The average molecular weight is 246 g/mol. The van der Waals surface area contributed by atoms with Gasteiger partial charge in [-0.15, -0.1) is 0 Å². The van der Waals surface area contributed by atoms with Crippen LogP contribution in [0.15, 0.2) is 0 Å². The number of hydrogen-bond donors (Lipinski definition) is 3. The minimum Gasteiger partial charge on any atom is -0.396 e. The predicted octanol–water partition coefficient (Wildman–Crippen LogP) is 0.997. The molecule has 0 fully saturated rings. The third-order valence-corrected chi connectivity index (χ3v) is 2.03.